The van der Waals surface area contributed by atoms with Gasteiger partial charge in [-0.25, -0.2) is 4.98 Å². The van der Waals surface area contributed by atoms with Gasteiger partial charge in [0.15, 0.2) is 0 Å². The van der Waals surface area contributed by atoms with E-state index in [4.69, 9.17) is 9.72 Å². The molecule has 0 aliphatic carbocycles. The molecule has 0 N–H and O–H groups in total. The summed E-state index contributed by atoms with van der Waals surface area (Å²) in [5.74, 6) is 0.153. The van der Waals surface area contributed by atoms with Crippen molar-refractivity contribution in [1.29, 1.82) is 0 Å². The fourth-order valence-electron chi connectivity index (χ4n) is 2.83. The second kappa shape index (κ2) is 5.88. The van der Waals surface area contributed by atoms with Crippen molar-refractivity contribution in [1.82, 2.24) is 9.38 Å². The first-order valence-corrected chi connectivity index (χ1v) is 7.77. The Bertz CT molecular complexity index is 877. The summed E-state index contributed by atoms with van der Waals surface area (Å²) in [7, 11) is 0. The van der Waals surface area contributed by atoms with Crippen molar-refractivity contribution in [2.24, 2.45) is 0 Å². The SMILES string of the molecule is CCc1c(C)ccc2nc(-c3ccc(C)cc3)c(OC(C)=O)n12. The number of carbonyl (C=O) groups is 1. The van der Waals surface area contributed by atoms with Crippen LogP contribution in [-0.4, -0.2) is 15.4 Å². The minimum atomic E-state index is -0.344. The topological polar surface area (TPSA) is 43.6 Å². The summed E-state index contributed by atoms with van der Waals surface area (Å²) in [6.45, 7) is 7.60. The molecule has 0 radical (unpaired) electrons. The van der Waals surface area contributed by atoms with Crippen LogP contribution in [0, 0.1) is 13.8 Å². The van der Waals surface area contributed by atoms with Crippen LogP contribution in [0.25, 0.3) is 16.9 Å². The molecule has 0 bridgehead atoms. The molecule has 23 heavy (non-hydrogen) atoms. The van der Waals surface area contributed by atoms with Crippen LogP contribution in [0.2, 0.25) is 0 Å². The Hall–Kier alpha value is -2.62. The van der Waals surface area contributed by atoms with Crippen LogP contribution in [-0.2, 0) is 11.2 Å². The molecule has 3 aromatic rings. The molecule has 0 spiro atoms. The zero-order valence-electron chi connectivity index (χ0n) is 13.9. The van der Waals surface area contributed by atoms with E-state index in [9.17, 15) is 4.79 Å². The molecule has 2 heterocycles. The number of fused-ring (bicyclic) bond motifs is 1. The van der Waals surface area contributed by atoms with Gasteiger partial charge in [0.25, 0.3) is 0 Å². The highest BCUT2D eigenvalue weighted by Gasteiger charge is 2.19. The van der Waals surface area contributed by atoms with E-state index in [1.165, 1.54) is 12.5 Å². The lowest BCUT2D eigenvalue weighted by Gasteiger charge is -2.10. The number of imidazole rings is 1. The van der Waals surface area contributed by atoms with Gasteiger partial charge in [-0.1, -0.05) is 42.8 Å². The van der Waals surface area contributed by atoms with Gasteiger partial charge in [0.05, 0.1) is 0 Å². The molecular weight excluding hydrogens is 288 g/mol. The molecule has 0 aliphatic rings. The fourth-order valence-corrected chi connectivity index (χ4v) is 2.83. The van der Waals surface area contributed by atoms with E-state index < -0.39 is 0 Å². The van der Waals surface area contributed by atoms with Crippen LogP contribution in [0.3, 0.4) is 0 Å². The lowest BCUT2D eigenvalue weighted by molar-refractivity contribution is -0.132. The largest absolute Gasteiger partial charge is 0.407 e. The Kier molecular flexibility index (Phi) is 3.90. The van der Waals surface area contributed by atoms with Crippen LogP contribution in [0.15, 0.2) is 36.4 Å². The molecule has 2 aromatic heterocycles. The maximum absolute atomic E-state index is 11.6. The molecule has 0 fully saturated rings. The number of esters is 1. The highest BCUT2D eigenvalue weighted by Crippen LogP contribution is 2.33. The second-order valence-electron chi connectivity index (χ2n) is 5.74. The van der Waals surface area contributed by atoms with Crippen LogP contribution in [0.4, 0.5) is 0 Å². The number of rotatable bonds is 3. The molecule has 118 valence electrons. The van der Waals surface area contributed by atoms with Gasteiger partial charge in [-0.05, 0) is 31.9 Å². The quantitative estimate of drug-likeness (QED) is 0.684. The third-order valence-corrected chi connectivity index (χ3v) is 3.97. The van der Waals surface area contributed by atoms with Crippen molar-refractivity contribution in [2.75, 3.05) is 0 Å². The molecule has 0 aliphatic heterocycles. The predicted molar refractivity (Wildman–Crippen MR) is 90.8 cm³/mol. The number of hydrogen-bond donors (Lipinski definition) is 0. The first kappa shape index (κ1) is 15.3. The highest BCUT2D eigenvalue weighted by molar-refractivity contribution is 5.76. The van der Waals surface area contributed by atoms with Gasteiger partial charge in [-0.2, -0.15) is 0 Å². The lowest BCUT2D eigenvalue weighted by atomic mass is 10.1. The van der Waals surface area contributed by atoms with Crippen LogP contribution < -0.4 is 4.74 Å². The van der Waals surface area contributed by atoms with Gasteiger partial charge in [0.2, 0.25) is 5.88 Å². The molecular formula is C19H20N2O2. The maximum atomic E-state index is 11.6. The van der Waals surface area contributed by atoms with Crippen LogP contribution in [0.1, 0.15) is 30.7 Å². The zero-order valence-corrected chi connectivity index (χ0v) is 13.9. The number of ether oxygens (including phenoxy) is 1. The zero-order chi connectivity index (χ0) is 16.6. The molecule has 3 rings (SSSR count). The number of hydrogen-bond acceptors (Lipinski definition) is 3. The molecule has 0 atom stereocenters. The summed E-state index contributed by atoms with van der Waals surface area (Å²) in [6.07, 6.45) is 0.834. The highest BCUT2D eigenvalue weighted by atomic mass is 16.5. The number of carbonyl (C=O) groups excluding carboxylic acids is 1. The molecule has 0 amide bonds. The normalized spacial score (nSPS) is 11.0. The average Bonchev–Trinajstić information content (AvgIpc) is 2.86. The smallest absolute Gasteiger partial charge is 0.309 e. The third-order valence-electron chi connectivity index (χ3n) is 3.97. The minimum Gasteiger partial charge on any atom is -0.407 e. The van der Waals surface area contributed by atoms with Crippen molar-refractivity contribution < 1.29 is 9.53 Å². The van der Waals surface area contributed by atoms with E-state index in [0.29, 0.717) is 11.6 Å². The molecule has 4 heteroatoms. The standard InChI is InChI=1S/C19H20N2O2/c1-5-16-13(3)8-11-17-20-18(15-9-6-12(2)7-10-15)19(21(16)17)23-14(4)22/h6-11H,5H2,1-4H3. The molecule has 0 saturated carbocycles. The fraction of sp³-hybridized carbons (Fsp3) is 0.263. The first-order valence-electron chi connectivity index (χ1n) is 7.77. The predicted octanol–water partition coefficient (Wildman–Crippen LogP) is 4.11. The molecule has 4 nitrogen and oxygen atoms in total. The number of aryl methyl sites for hydroxylation is 3. The molecule has 0 saturated heterocycles. The summed E-state index contributed by atoms with van der Waals surface area (Å²) in [5, 5.41) is 0. The maximum Gasteiger partial charge on any atom is 0.309 e. The van der Waals surface area contributed by atoms with Gasteiger partial charge >= 0.3 is 5.97 Å². The van der Waals surface area contributed by atoms with Crippen molar-refractivity contribution >= 4 is 11.6 Å². The monoisotopic (exact) mass is 308 g/mol. The number of benzene rings is 1. The van der Waals surface area contributed by atoms with E-state index in [-0.39, 0.29) is 5.97 Å². The van der Waals surface area contributed by atoms with E-state index in [2.05, 4.69) is 19.9 Å². The van der Waals surface area contributed by atoms with Crippen LogP contribution >= 0.6 is 0 Å². The Labute approximate surface area is 135 Å². The summed E-state index contributed by atoms with van der Waals surface area (Å²) in [5.41, 5.74) is 5.86. The summed E-state index contributed by atoms with van der Waals surface area (Å²) in [4.78, 5) is 16.3. The Morgan fingerprint density at radius 3 is 2.43 bits per heavy atom. The Morgan fingerprint density at radius 1 is 1.13 bits per heavy atom. The first-order chi connectivity index (χ1) is 11.0. The van der Waals surface area contributed by atoms with Gasteiger partial charge in [-0.3, -0.25) is 9.20 Å². The van der Waals surface area contributed by atoms with E-state index in [1.807, 2.05) is 41.7 Å². The van der Waals surface area contributed by atoms with E-state index >= 15 is 0 Å². The van der Waals surface area contributed by atoms with E-state index in [0.717, 1.165) is 28.9 Å². The summed E-state index contributed by atoms with van der Waals surface area (Å²) >= 11 is 0. The molecule has 0 unspecified atom stereocenters. The van der Waals surface area contributed by atoms with E-state index in [1.54, 1.807) is 0 Å². The van der Waals surface area contributed by atoms with Gasteiger partial charge < -0.3 is 4.74 Å². The summed E-state index contributed by atoms with van der Waals surface area (Å²) in [6, 6.07) is 12.1. The number of aromatic nitrogens is 2. The van der Waals surface area contributed by atoms with Crippen molar-refractivity contribution in [2.45, 2.75) is 34.1 Å². The van der Waals surface area contributed by atoms with Gasteiger partial charge in [-0.15, -0.1) is 0 Å². The van der Waals surface area contributed by atoms with Crippen LogP contribution in [0.5, 0.6) is 5.88 Å². The summed E-state index contributed by atoms with van der Waals surface area (Å²) < 4.78 is 7.49. The average molecular weight is 308 g/mol. The van der Waals surface area contributed by atoms with Crippen molar-refractivity contribution in [3.05, 3.63) is 53.2 Å². The minimum absolute atomic E-state index is 0.344. The Balaban J connectivity index is 2.33. The second-order valence-corrected chi connectivity index (χ2v) is 5.74. The third kappa shape index (κ3) is 2.72. The molecule has 1 aromatic carbocycles. The van der Waals surface area contributed by atoms with Crippen molar-refractivity contribution in [3.8, 4) is 17.1 Å². The lowest BCUT2D eigenvalue weighted by Crippen LogP contribution is -2.07. The Morgan fingerprint density at radius 2 is 1.83 bits per heavy atom. The number of nitrogens with zero attached hydrogens (tertiary/aromatic N) is 2. The van der Waals surface area contributed by atoms with Crippen molar-refractivity contribution in [3.63, 3.8) is 0 Å². The number of pyridine rings is 1. The van der Waals surface area contributed by atoms with Gasteiger partial charge in [0, 0.05) is 18.2 Å². The van der Waals surface area contributed by atoms with Gasteiger partial charge in [0.1, 0.15) is 11.3 Å².